The molecule has 128 valence electrons. The van der Waals surface area contributed by atoms with Crippen molar-refractivity contribution >= 4 is 23.7 Å². The first-order valence-corrected chi connectivity index (χ1v) is 7.45. The topological polar surface area (TPSA) is 70.3 Å². The van der Waals surface area contributed by atoms with E-state index in [2.05, 4.69) is 10.5 Å². The zero-order chi connectivity index (χ0) is 17.5. The van der Waals surface area contributed by atoms with E-state index in [1.807, 2.05) is 62.3 Å². The van der Waals surface area contributed by atoms with E-state index in [-0.39, 0.29) is 12.5 Å². The summed E-state index contributed by atoms with van der Waals surface area (Å²) in [6, 6.07) is 11.1. The van der Waals surface area contributed by atoms with Crippen molar-refractivity contribution in [3.05, 3.63) is 42.2 Å². The zero-order valence-corrected chi connectivity index (χ0v) is 14.3. The first kappa shape index (κ1) is 17.4. The number of carbonyl (C=O) groups is 1. The molecule has 1 aromatic heterocycles. The average molecular weight is 330 g/mol. The summed E-state index contributed by atoms with van der Waals surface area (Å²) in [6.07, 6.45) is 1.44. The van der Waals surface area contributed by atoms with Crippen LogP contribution in [0.25, 0.3) is 0 Å². The molecule has 2 rings (SSSR count). The van der Waals surface area contributed by atoms with Crippen LogP contribution < -0.4 is 20.0 Å². The second-order valence-electron chi connectivity index (χ2n) is 5.54. The Balaban J connectivity index is 1.80. The van der Waals surface area contributed by atoms with Crippen LogP contribution in [0.4, 0.5) is 11.6 Å². The fourth-order valence-corrected chi connectivity index (χ4v) is 1.85. The van der Waals surface area contributed by atoms with Gasteiger partial charge in [0, 0.05) is 46.0 Å². The number of ether oxygens (including phenoxy) is 1. The summed E-state index contributed by atoms with van der Waals surface area (Å²) < 4.78 is 10.9. The van der Waals surface area contributed by atoms with E-state index in [4.69, 9.17) is 9.15 Å². The van der Waals surface area contributed by atoms with Crippen molar-refractivity contribution in [2.75, 3.05) is 44.6 Å². The number of amides is 1. The highest BCUT2D eigenvalue weighted by Gasteiger charge is 2.04. The van der Waals surface area contributed by atoms with Crippen LogP contribution >= 0.6 is 0 Å². The van der Waals surface area contributed by atoms with Crippen molar-refractivity contribution in [1.29, 1.82) is 0 Å². The number of nitrogens with zero attached hydrogens (tertiary/aromatic N) is 3. The maximum absolute atomic E-state index is 11.7. The molecule has 0 aliphatic carbocycles. The molecule has 0 radical (unpaired) electrons. The largest absolute Gasteiger partial charge is 0.484 e. The summed E-state index contributed by atoms with van der Waals surface area (Å²) in [7, 11) is 7.64. The second kappa shape index (κ2) is 8.05. The standard InChI is InChI=1S/C17H22N4O3/c1-20(2)13-6-5-7-14(10-13)23-12-16(22)19-18-11-15-8-9-17(24-15)21(3)4/h5-11H,12H2,1-4H3,(H,19,22)/b18-11+. The molecule has 0 bridgehead atoms. The Morgan fingerprint density at radius 1 is 1.21 bits per heavy atom. The smallest absolute Gasteiger partial charge is 0.277 e. The number of anilines is 2. The summed E-state index contributed by atoms with van der Waals surface area (Å²) >= 11 is 0. The number of hydrogen-bond acceptors (Lipinski definition) is 6. The minimum absolute atomic E-state index is 0.116. The number of benzene rings is 1. The van der Waals surface area contributed by atoms with Gasteiger partial charge >= 0.3 is 0 Å². The van der Waals surface area contributed by atoms with Gasteiger partial charge in [-0.05, 0) is 18.2 Å². The van der Waals surface area contributed by atoms with Crippen LogP contribution in [0.15, 0.2) is 45.9 Å². The first-order valence-electron chi connectivity index (χ1n) is 7.45. The highest BCUT2D eigenvalue weighted by Crippen LogP contribution is 2.19. The number of carbonyl (C=O) groups excluding carboxylic acids is 1. The Kier molecular flexibility index (Phi) is 5.83. The third kappa shape index (κ3) is 5.05. The van der Waals surface area contributed by atoms with E-state index in [0.717, 1.165) is 5.69 Å². The highest BCUT2D eigenvalue weighted by atomic mass is 16.5. The lowest BCUT2D eigenvalue weighted by Crippen LogP contribution is -2.24. The normalized spacial score (nSPS) is 10.7. The van der Waals surface area contributed by atoms with Crippen LogP contribution in [0.2, 0.25) is 0 Å². The van der Waals surface area contributed by atoms with Crippen LogP contribution in [-0.4, -0.2) is 46.9 Å². The summed E-state index contributed by atoms with van der Waals surface area (Å²) in [5, 5.41) is 3.85. The maximum atomic E-state index is 11.7. The predicted octanol–water partition coefficient (Wildman–Crippen LogP) is 1.94. The molecular weight excluding hydrogens is 308 g/mol. The van der Waals surface area contributed by atoms with Crippen molar-refractivity contribution in [1.82, 2.24) is 5.43 Å². The molecule has 1 amide bonds. The van der Waals surface area contributed by atoms with Crippen molar-refractivity contribution in [3.8, 4) is 5.75 Å². The fourth-order valence-electron chi connectivity index (χ4n) is 1.85. The highest BCUT2D eigenvalue weighted by molar-refractivity contribution is 5.81. The van der Waals surface area contributed by atoms with Gasteiger partial charge in [0.15, 0.2) is 12.5 Å². The van der Waals surface area contributed by atoms with Crippen molar-refractivity contribution in [2.45, 2.75) is 0 Å². The van der Waals surface area contributed by atoms with Gasteiger partial charge in [0.1, 0.15) is 11.5 Å². The summed E-state index contributed by atoms with van der Waals surface area (Å²) in [6.45, 7) is -0.116. The van der Waals surface area contributed by atoms with Gasteiger partial charge in [0.25, 0.3) is 5.91 Å². The predicted molar refractivity (Wildman–Crippen MR) is 95.0 cm³/mol. The molecule has 1 N–H and O–H groups in total. The lowest BCUT2D eigenvalue weighted by atomic mass is 10.3. The minimum atomic E-state index is -0.346. The molecule has 2 aromatic rings. The summed E-state index contributed by atoms with van der Waals surface area (Å²) in [5.74, 6) is 1.55. The average Bonchev–Trinajstić information content (AvgIpc) is 3.02. The van der Waals surface area contributed by atoms with Gasteiger partial charge in [-0.15, -0.1) is 0 Å². The SMILES string of the molecule is CN(C)c1cccc(OCC(=O)N/N=C/c2ccc(N(C)C)o2)c1. The van der Waals surface area contributed by atoms with Gasteiger partial charge in [-0.3, -0.25) is 4.79 Å². The van der Waals surface area contributed by atoms with E-state index in [0.29, 0.717) is 17.4 Å². The Morgan fingerprint density at radius 2 is 2.00 bits per heavy atom. The second-order valence-corrected chi connectivity index (χ2v) is 5.54. The van der Waals surface area contributed by atoms with Crippen molar-refractivity contribution in [2.24, 2.45) is 5.10 Å². The quantitative estimate of drug-likeness (QED) is 0.620. The third-order valence-electron chi connectivity index (χ3n) is 3.14. The first-order chi connectivity index (χ1) is 11.5. The van der Waals surface area contributed by atoms with E-state index in [9.17, 15) is 4.79 Å². The Morgan fingerprint density at radius 3 is 2.67 bits per heavy atom. The Labute approximate surface area is 141 Å². The molecule has 0 saturated carbocycles. The van der Waals surface area contributed by atoms with Crippen LogP contribution in [0.5, 0.6) is 5.75 Å². The number of rotatable bonds is 7. The molecule has 7 nitrogen and oxygen atoms in total. The van der Waals surface area contributed by atoms with Gasteiger partial charge < -0.3 is 19.0 Å². The number of nitrogens with one attached hydrogen (secondary N) is 1. The van der Waals surface area contributed by atoms with Crippen LogP contribution in [-0.2, 0) is 4.79 Å². The lowest BCUT2D eigenvalue weighted by molar-refractivity contribution is -0.123. The molecule has 0 fully saturated rings. The monoisotopic (exact) mass is 330 g/mol. The zero-order valence-electron chi connectivity index (χ0n) is 14.3. The van der Waals surface area contributed by atoms with Gasteiger partial charge in [-0.2, -0.15) is 5.10 Å². The van der Waals surface area contributed by atoms with Crippen LogP contribution in [0.3, 0.4) is 0 Å². The van der Waals surface area contributed by atoms with E-state index in [1.54, 1.807) is 12.1 Å². The molecule has 1 heterocycles. The molecule has 0 atom stereocenters. The molecule has 0 saturated heterocycles. The Bertz CT molecular complexity index is 707. The lowest BCUT2D eigenvalue weighted by Gasteiger charge is -2.13. The molecule has 0 spiro atoms. The van der Waals surface area contributed by atoms with E-state index < -0.39 is 0 Å². The number of hydrazone groups is 1. The summed E-state index contributed by atoms with van der Waals surface area (Å²) in [4.78, 5) is 15.5. The fraction of sp³-hybridized carbons (Fsp3) is 0.294. The van der Waals surface area contributed by atoms with E-state index >= 15 is 0 Å². The van der Waals surface area contributed by atoms with Gasteiger partial charge in [0.05, 0.1) is 6.21 Å². The molecule has 1 aromatic carbocycles. The molecule has 24 heavy (non-hydrogen) atoms. The molecule has 0 aliphatic heterocycles. The van der Waals surface area contributed by atoms with E-state index in [1.165, 1.54) is 6.21 Å². The van der Waals surface area contributed by atoms with Crippen molar-refractivity contribution in [3.63, 3.8) is 0 Å². The van der Waals surface area contributed by atoms with Gasteiger partial charge in [-0.1, -0.05) is 6.07 Å². The summed E-state index contributed by atoms with van der Waals surface area (Å²) in [5.41, 5.74) is 3.40. The van der Waals surface area contributed by atoms with Crippen LogP contribution in [0.1, 0.15) is 5.76 Å². The third-order valence-corrected chi connectivity index (χ3v) is 3.14. The van der Waals surface area contributed by atoms with Crippen LogP contribution in [0, 0.1) is 0 Å². The van der Waals surface area contributed by atoms with Gasteiger partial charge in [0.2, 0.25) is 0 Å². The number of hydrogen-bond donors (Lipinski definition) is 1. The maximum Gasteiger partial charge on any atom is 0.277 e. The molecule has 7 heteroatoms. The Hall–Kier alpha value is -2.96. The molecule has 0 aliphatic rings. The van der Waals surface area contributed by atoms with Gasteiger partial charge in [-0.25, -0.2) is 5.43 Å². The molecule has 0 unspecified atom stereocenters. The van der Waals surface area contributed by atoms with Crippen molar-refractivity contribution < 1.29 is 13.9 Å². The molecular formula is C17H22N4O3. The minimum Gasteiger partial charge on any atom is -0.484 e. The number of furan rings is 1.